The highest BCUT2D eigenvalue weighted by molar-refractivity contribution is 5.33. The van der Waals surface area contributed by atoms with Crippen LogP contribution in [0.15, 0.2) is 11.0 Å². The number of ether oxygens (including phenoxy) is 2. The SMILES string of the molecule is O=c1ncc2c([nH]1)O[C@H]1C(O)[C@@H](CO)O[C@H]21. The Morgan fingerprint density at radius 3 is 3.12 bits per heavy atom. The van der Waals surface area contributed by atoms with E-state index in [4.69, 9.17) is 14.6 Å². The highest BCUT2D eigenvalue weighted by Crippen LogP contribution is 2.43. The average Bonchev–Trinajstić information content (AvgIpc) is 2.75. The van der Waals surface area contributed by atoms with Crippen molar-refractivity contribution < 1.29 is 19.7 Å². The third-order valence-corrected chi connectivity index (χ3v) is 2.88. The highest BCUT2D eigenvalue weighted by Gasteiger charge is 2.51. The molecule has 16 heavy (non-hydrogen) atoms. The highest BCUT2D eigenvalue weighted by atomic mass is 16.6. The Morgan fingerprint density at radius 2 is 2.38 bits per heavy atom. The number of rotatable bonds is 1. The fourth-order valence-corrected chi connectivity index (χ4v) is 2.09. The Morgan fingerprint density at radius 1 is 1.56 bits per heavy atom. The lowest BCUT2D eigenvalue weighted by atomic mass is 10.1. The molecule has 1 unspecified atom stereocenters. The maximum Gasteiger partial charge on any atom is 0.347 e. The van der Waals surface area contributed by atoms with Gasteiger partial charge >= 0.3 is 5.69 Å². The van der Waals surface area contributed by atoms with Crippen molar-refractivity contribution in [1.29, 1.82) is 0 Å². The van der Waals surface area contributed by atoms with Crippen LogP contribution in [0.3, 0.4) is 0 Å². The van der Waals surface area contributed by atoms with Crippen LogP contribution in [0.1, 0.15) is 11.7 Å². The minimum Gasteiger partial charge on any atom is -0.469 e. The van der Waals surface area contributed by atoms with Crippen molar-refractivity contribution in [3.8, 4) is 5.88 Å². The molecule has 3 rings (SSSR count). The van der Waals surface area contributed by atoms with Crippen LogP contribution in [0.25, 0.3) is 0 Å². The van der Waals surface area contributed by atoms with Gasteiger partial charge in [0.1, 0.15) is 18.3 Å². The zero-order valence-electron chi connectivity index (χ0n) is 8.16. The molecular weight excluding hydrogens is 216 g/mol. The number of aromatic nitrogens is 2. The standard InChI is InChI=1S/C9H10N2O5/c12-2-4-5(13)7-6(15-4)3-1-10-9(14)11-8(3)16-7/h1,4-7,12-13H,2H2,(H,10,11,14)/t4-,5?,6-,7+/m1/s1. The minimum absolute atomic E-state index is 0.274. The van der Waals surface area contributed by atoms with Crippen LogP contribution in [0.4, 0.5) is 0 Å². The van der Waals surface area contributed by atoms with Gasteiger partial charge in [-0.05, 0) is 0 Å². The van der Waals surface area contributed by atoms with Gasteiger partial charge in [-0.1, -0.05) is 0 Å². The van der Waals surface area contributed by atoms with Gasteiger partial charge in [0, 0.05) is 6.20 Å². The molecule has 2 aliphatic heterocycles. The van der Waals surface area contributed by atoms with E-state index in [0.717, 1.165) is 0 Å². The van der Waals surface area contributed by atoms with Crippen LogP contribution in [0, 0.1) is 0 Å². The molecule has 2 aliphatic rings. The first-order valence-electron chi connectivity index (χ1n) is 4.91. The van der Waals surface area contributed by atoms with Crippen LogP contribution in [0.2, 0.25) is 0 Å². The van der Waals surface area contributed by atoms with E-state index in [1.165, 1.54) is 6.20 Å². The molecule has 0 amide bonds. The maximum absolute atomic E-state index is 11.0. The third-order valence-electron chi connectivity index (χ3n) is 2.88. The number of nitrogens with one attached hydrogen (secondary N) is 1. The molecule has 0 spiro atoms. The largest absolute Gasteiger partial charge is 0.469 e. The molecule has 3 heterocycles. The van der Waals surface area contributed by atoms with Gasteiger partial charge < -0.3 is 19.7 Å². The molecule has 1 aromatic heterocycles. The quantitative estimate of drug-likeness (QED) is 0.528. The van der Waals surface area contributed by atoms with E-state index >= 15 is 0 Å². The number of aliphatic hydroxyl groups excluding tert-OH is 2. The molecule has 7 nitrogen and oxygen atoms in total. The molecule has 7 heteroatoms. The summed E-state index contributed by atoms with van der Waals surface area (Å²) in [4.78, 5) is 17.0. The number of hydrogen-bond acceptors (Lipinski definition) is 6. The second kappa shape index (κ2) is 3.27. The molecule has 4 atom stereocenters. The smallest absolute Gasteiger partial charge is 0.347 e. The minimum atomic E-state index is -0.911. The molecule has 0 saturated carbocycles. The average molecular weight is 226 g/mol. The van der Waals surface area contributed by atoms with Crippen molar-refractivity contribution in [2.24, 2.45) is 0 Å². The first-order valence-corrected chi connectivity index (χ1v) is 4.91. The number of aromatic amines is 1. The van der Waals surface area contributed by atoms with E-state index in [9.17, 15) is 9.90 Å². The van der Waals surface area contributed by atoms with Crippen LogP contribution >= 0.6 is 0 Å². The van der Waals surface area contributed by atoms with E-state index in [-0.39, 0.29) is 12.5 Å². The lowest BCUT2D eigenvalue weighted by Crippen LogP contribution is -2.34. The first-order chi connectivity index (χ1) is 7.70. The molecule has 1 aromatic rings. The zero-order chi connectivity index (χ0) is 11.3. The molecule has 0 bridgehead atoms. The molecule has 1 saturated heterocycles. The van der Waals surface area contributed by atoms with Crippen molar-refractivity contribution in [3.63, 3.8) is 0 Å². The number of fused-ring (bicyclic) bond motifs is 3. The third kappa shape index (κ3) is 1.19. The van der Waals surface area contributed by atoms with Crippen LogP contribution in [-0.4, -0.2) is 45.1 Å². The predicted molar refractivity (Wildman–Crippen MR) is 50.0 cm³/mol. The van der Waals surface area contributed by atoms with Crippen molar-refractivity contribution in [2.45, 2.75) is 24.4 Å². The number of H-pyrrole nitrogens is 1. The fraction of sp³-hybridized carbons (Fsp3) is 0.556. The molecule has 0 radical (unpaired) electrons. The predicted octanol–water partition coefficient (Wildman–Crippen LogP) is -1.68. The van der Waals surface area contributed by atoms with Crippen LogP contribution in [0.5, 0.6) is 5.88 Å². The van der Waals surface area contributed by atoms with E-state index < -0.39 is 30.1 Å². The molecule has 3 N–H and O–H groups in total. The molecule has 0 aliphatic carbocycles. The van der Waals surface area contributed by atoms with Gasteiger partial charge in [0.15, 0.2) is 6.10 Å². The van der Waals surface area contributed by atoms with E-state index in [1.54, 1.807) is 0 Å². The van der Waals surface area contributed by atoms with Gasteiger partial charge in [-0.2, -0.15) is 0 Å². The number of aliphatic hydroxyl groups is 2. The van der Waals surface area contributed by atoms with Gasteiger partial charge in [-0.15, -0.1) is 0 Å². The Labute approximate surface area is 89.7 Å². The Balaban J connectivity index is 1.99. The zero-order valence-corrected chi connectivity index (χ0v) is 8.16. The Bertz CT molecular complexity index is 473. The van der Waals surface area contributed by atoms with Gasteiger partial charge in [-0.3, -0.25) is 4.98 Å². The molecule has 86 valence electrons. The maximum atomic E-state index is 11.0. The lowest BCUT2D eigenvalue weighted by molar-refractivity contribution is -0.0234. The van der Waals surface area contributed by atoms with E-state index in [1.807, 2.05) is 0 Å². The number of nitrogens with zero attached hydrogens (tertiary/aromatic N) is 1. The van der Waals surface area contributed by atoms with Crippen molar-refractivity contribution in [1.82, 2.24) is 9.97 Å². The van der Waals surface area contributed by atoms with Gasteiger partial charge in [0.25, 0.3) is 0 Å². The Kier molecular flexibility index (Phi) is 2.00. The summed E-state index contributed by atoms with van der Waals surface area (Å²) in [5, 5.41) is 18.7. The summed E-state index contributed by atoms with van der Waals surface area (Å²) in [7, 11) is 0. The summed E-state index contributed by atoms with van der Waals surface area (Å²) < 4.78 is 10.8. The number of hydrogen-bond donors (Lipinski definition) is 3. The van der Waals surface area contributed by atoms with Gasteiger partial charge in [-0.25, -0.2) is 9.78 Å². The first kappa shape index (κ1) is 9.76. The second-order valence-electron chi connectivity index (χ2n) is 3.82. The van der Waals surface area contributed by atoms with Crippen molar-refractivity contribution >= 4 is 0 Å². The van der Waals surface area contributed by atoms with Crippen molar-refractivity contribution in [3.05, 3.63) is 22.2 Å². The monoisotopic (exact) mass is 226 g/mol. The summed E-state index contributed by atoms with van der Waals surface area (Å²) in [5.74, 6) is 0.283. The second-order valence-corrected chi connectivity index (χ2v) is 3.82. The van der Waals surface area contributed by atoms with Crippen LogP contribution < -0.4 is 10.4 Å². The summed E-state index contributed by atoms with van der Waals surface area (Å²) in [6.07, 6.45) is -1.27. The summed E-state index contributed by atoms with van der Waals surface area (Å²) in [6.45, 7) is -0.274. The molecule has 0 aromatic carbocycles. The van der Waals surface area contributed by atoms with E-state index in [0.29, 0.717) is 5.56 Å². The summed E-state index contributed by atoms with van der Waals surface area (Å²) >= 11 is 0. The normalized spacial score (nSPS) is 35.6. The lowest BCUT2D eigenvalue weighted by Gasteiger charge is -2.14. The van der Waals surface area contributed by atoms with Crippen LogP contribution in [-0.2, 0) is 4.74 Å². The molecule has 1 fully saturated rings. The molecular formula is C9H10N2O5. The summed E-state index contributed by atoms with van der Waals surface area (Å²) in [5.41, 5.74) is 0.0894. The van der Waals surface area contributed by atoms with Crippen molar-refractivity contribution in [2.75, 3.05) is 6.61 Å². The Hall–Kier alpha value is -1.44. The van der Waals surface area contributed by atoms with Gasteiger partial charge in [0.05, 0.1) is 12.2 Å². The van der Waals surface area contributed by atoms with E-state index in [2.05, 4.69) is 9.97 Å². The topological polar surface area (TPSA) is 105 Å². The van der Waals surface area contributed by atoms with Gasteiger partial charge in [0.2, 0.25) is 5.88 Å². The summed E-state index contributed by atoms with van der Waals surface area (Å²) in [6, 6.07) is 0. The fourth-order valence-electron chi connectivity index (χ4n) is 2.09.